The highest BCUT2D eigenvalue weighted by Gasteiger charge is 2.26. The fraction of sp³-hybridized carbons (Fsp3) is 0.263. The molecule has 0 fully saturated rings. The summed E-state index contributed by atoms with van der Waals surface area (Å²) in [4.78, 5) is 25.1. The Labute approximate surface area is 162 Å². The highest BCUT2D eigenvalue weighted by atomic mass is 35.5. The van der Waals surface area contributed by atoms with Crippen LogP contribution in [0.3, 0.4) is 0 Å². The van der Waals surface area contributed by atoms with Gasteiger partial charge in [-0.1, -0.05) is 41.4 Å². The van der Waals surface area contributed by atoms with Crippen molar-refractivity contribution in [3.8, 4) is 0 Å². The summed E-state index contributed by atoms with van der Waals surface area (Å²) < 4.78 is 5.26. The minimum absolute atomic E-state index is 0.121. The van der Waals surface area contributed by atoms with Crippen LogP contribution in [0.4, 0.5) is 5.69 Å². The molecule has 26 heavy (non-hydrogen) atoms. The van der Waals surface area contributed by atoms with E-state index in [2.05, 4.69) is 5.32 Å². The third-order valence-corrected chi connectivity index (χ3v) is 4.18. The Kier molecular flexibility index (Phi) is 6.89. The number of halogens is 2. The molecule has 2 aromatic rings. The van der Waals surface area contributed by atoms with Gasteiger partial charge in [0.1, 0.15) is 6.04 Å². The van der Waals surface area contributed by atoms with E-state index in [1.54, 1.807) is 56.3 Å². The third-order valence-electron chi connectivity index (χ3n) is 3.55. The Bertz CT molecular complexity index is 772. The minimum atomic E-state index is -0.888. The molecule has 1 unspecified atom stereocenters. The van der Waals surface area contributed by atoms with Crippen molar-refractivity contribution in [3.05, 3.63) is 63.6 Å². The molecule has 1 atom stereocenters. The van der Waals surface area contributed by atoms with Crippen LogP contribution in [0.2, 0.25) is 10.0 Å². The summed E-state index contributed by atoms with van der Waals surface area (Å²) >= 11 is 12.1. The normalized spacial score (nSPS) is 11.9. The quantitative estimate of drug-likeness (QED) is 0.575. The highest BCUT2D eigenvalue weighted by Crippen LogP contribution is 2.24. The molecule has 0 aromatic heterocycles. The van der Waals surface area contributed by atoms with Gasteiger partial charge in [-0.15, -0.1) is 0 Å². The van der Waals surface area contributed by atoms with Gasteiger partial charge in [0.15, 0.2) is 0 Å². The van der Waals surface area contributed by atoms with E-state index >= 15 is 0 Å². The second kappa shape index (κ2) is 8.92. The Balaban J connectivity index is 2.24. The maximum Gasteiger partial charge on any atom is 0.329 e. The van der Waals surface area contributed by atoms with E-state index in [0.717, 1.165) is 5.56 Å². The zero-order chi connectivity index (χ0) is 19.3. The number of nitrogen functional groups attached to an aromatic ring is 1. The Morgan fingerprint density at radius 3 is 2.19 bits per heavy atom. The predicted molar refractivity (Wildman–Crippen MR) is 104 cm³/mol. The van der Waals surface area contributed by atoms with Gasteiger partial charge in [-0.2, -0.15) is 0 Å². The number of hydrogen-bond donors (Lipinski definition) is 2. The number of esters is 1. The molecular weight excluding hydrogens is 375 g/mol. The van der Waals surface area contributed by atoms with Gasteiger partial charge in [-0.25, -0.2) is 4.79 Å². The van der Waals surface area contributed by atoms with Gasteiger partial charge in [0, 0.05) is 12.1 Å². The summed E-state index contributed by atoms with van der Waals surface area (Å²) in [7, 11) is 0. The Hall–Kier alpha value is -2.24. The number of carbonyl (C=O) groups is 2. The summed E-state index contributed by atoms with van der Waals surface area (Å²) in [5.41, 5.74) is 7.25. The molecule has 0 radical (unpaired) electrons. The first-order valence-corrected chi connectivity index (χ1v) is 8.83. The number of benzene rings is 2. The molecule has 0 saturated heterocycles. The van der Waals surface area contributed by atoms with Crippen molar-refractivity contribution < 1.29 is 14.3 Å². The van der Waals surface area contributed by atoms with Gasteiger partial charge in [-0.05, 0) is 43.7 Å². The van der Waals surface area contributed by atoms with Crippen molar-refractivity contribution in [1.29, 1.82) is 0 Å². The predicted octanol–water partition coefficient (Wildman–Crippen LogP) is 3.87. The van der Waals surface area contributed by atoms with Crippen molar-refractivity contribution in [2.24, 2.45) is 0 Å². The van der Waals surface area contributed by atoms with E-state index < -0.39 is 17.9 Å². The van der Waals surface area contributed by atoms with Crippen molar-refractivity contribution in [3.63, 3.8) is 0 Å². The number of amides is 1. The molecule has 0 heterocycles. The molecule has 138 valence electrons. The average Bonchev–Trinajstić information content (AvgIpc) is 2.55. The number of nitrogens with one attached hydrogen (secondary N) is 1. The first-order valence-electron chi connectivity index (χ1n) is 8.07. The molecule has 0 aliphatic heterocycles. The standard InChI is InChI=1S/C19H20Cl2N2O3/c1-11(2)26-19(25)16(10-12-6-8-13(22)9-7-12)23-18(24)17-14(20)4-3-5-15(17)21/h3-9,11,16H,10,22H2,1-2H3,(H,23,24). The minimum Gasteiger partial charge on any atom is -0.461 e. The number of carbonyl (C=O) groups excluding carboxylic acids is 2. The smallest absolute Gasteiger partial charge is 0.329 e. The second-order valence-corrected chi connectivity index (χ2v) is 6.87. The number of ether oxygens (including phenoxy) is 1. The number of anilines is 1. The molecule has 7 heteroatoms. The molecule has 0 saturated carbocycles. The van der Waals surface area contributed by atoms with E-state index in [1.165, 1.54) is 0 Å². The van der Waals surface area contributed by atoms with Gasteiger partial charge >= 0.3 is 5.97 Å². The summed E-state index contributed by atoms with van der Waals surface area (Å²) in [5, 5.41) is 3.08. The van der Waals surface area contributed by atoms with E-state index in [0.29, 0.717) is 5.69 Å². The molecule has 1 amide bonds. The highest BCUT2D eigenvalue weighted by molar-refractivity contribution is 6.39. The van der Waals surface area contributed by atoms with Gasteiger partial charge in [0.05, 0.1) is 21.7 Å². The topological polar surface area (TPSA) is 81.4 Å². The zero-order valence-corrected chi connectivity index (χ0v) is 16.0. The Morgan fingerprint density at radius 2 is 1.65 bits per heavy atom. The van der Waals surface area contributed by atoms with E-state index in [1.807, 2.05) is 0 Å². The van der Waals surface area contributed by atoms with Crippen LogP contribution < -0.4 is 11.1 Å². The zero-order valence-electron chi connectivity index (χ0n) is 14.5. The van der Waals surface area contributed by atoms with Gasteiger partial charge < -0.3 is 15.8 Å². The maximum atomic E-state index is 12.6. The van der Waals surface area contributed by atoms with Crippen molar-refractivity contribution >= 4 is 40.8 Å². The lowest BCUT2D eigenvalue weighted by atomic mass is 10.0. The molecule has 0 spiro atoms. The van der Waals surface area contributed by atoms with Crippen LogP contribution in [0.5, 0.6) is 0 Å². The molecule has 2 rings (SSSR count). The summed E-state index contributed by atoms with van der Waals surface area (Å²) in [6.07, 6.45) is -0.0585. The fourth-order valence-corrected chi connectivity index (χ4v) is 2.91. The van der Waals surface area contributed by atoms with Crippen LogP contribution in [0, 0.1) is 0 Å². The van der Waals surface area contributed by atoms with Crippen LogP contribution >= 0.6 is 23.2 Å². The molecule has 0 aliphatic rings. The molecule has 0 bridgehead atoms. The van der Waals surface area contributed by atoms with Crippen LogP contribution in [0.1, 0.15) is 29.8 Å². The number of rotatable bonds is 6. The van der Waals surface area contributed by atoms with Crippen LogP contribution in [0.15, 0.2) is 42.5 Å². The summed E-state index contributed by atoms with van der Waals surface area (Å²) in [6, 6.07) is 10.9. The lowest BCUT2D eigenvalue weighted by Gasteiger charge is -2.20. The molecule has 3 N–H and O–H groups in total. The largest absolute Gasteiger partial charge is 0.461 e. The van der Waals surface area contributed by atoms with E-state index in [-0.39, 0.29) is 28.1 Å². The lowest BCUT2D eigenvalue weighted by molar-refractivity contribution is -0.149. The van der Waals surface area contributed by atoms with Crippen molar-refractivity contribution in [2.45, 2.75) is 32.4 Å². The summed E-state index contributed by atoms with van der Waals surface area (Å²) in [5.74, 6) is -1.07. The van der Waals surface area contributed by atoms with Gasteiger partial charge in [-0.3, -0.25) is 4.79 Å². The van der Waals surface area contributed by atoms with Gasteiger partial charge in [0.2, 0.25) is 0 Å². The molecule has 0 aliphatic carbocycles. The first-order chi connectivity index (χ1) is 12.3. The van der Waals surface area contributed by atoms with Crippen molar-refractivity contribution in [2.75, 3.05) is 5.73 Å². The third kappa shape index (κ3) is 5.38. The molecule has 2 aromatic carbocycles. The fourth-order valence-electron chi connectivity index (χ4n) is 2.34. The number of hydrogen-bond acceptors (Lipinski definition) is 4. The van der Waals surface area contributed by atoms with E-state index in [4.69, 9.17) is 33.7 Å². The van der Waals surface area contributed by atoms with Crippen molar-refractivity contribution in [1.82, 2.24) is 5.32 Å². The van der Waals surface area contributed by atoms with E-state index in [9.17, 15) is 9.59 Å². The average molecular weight is 395 g/mol. The monoisotopic (exact) mass is 394 g/mol. The maximum absolute atomic E-state index is 12.6. The Morgan fingerprint density at radius 1 is 1.08 bits per heavy atom. The first kappa shape index (κ1) is 20.1. The lowest BCUT2D eigenvalue weighted by Crippen LogP contribution is -2.44. The number of nitrogens with two attached hydrogens (primary N) is 1. The SMILES string of the molecule is CC(C)OC(=O)C(Cc1ccc(N)cc1)NC(=O)c1c(Cl)cccc1Cl. The van der Waals surface area contributed by atoms with Crippen LogP contribution in [-0.2, 0) is 16.0 Å². The van der Waals surface area contributed by atoms with Gasteiger partial charge in [0.25, 0.3) is 5.91 Å². The van der Waals surface area contributed by atoms with Crippen LogP contribution in [-0.4, -0.2) is 24.0 Å². The summed E-state index contributed by atoms with van der Waals surface area (Å²) in [6.45, 7) is 3.48. The molecular formula is C19H20Cl2N2O3. The second-order valence-electron chi connectivity index (χ2n) is 6.05. The van der Waals surface area contributed by atoms with Crippen LogP contribution in [0.25, 0.3) is 0 Å². The molecule has 5 nitrogen and oxygen atoms in total.